The molecule has 1 N–H and O–H groups in total. The number of fused-ring (bicyclic) bond motifs is 1. The van der Waals surface area contributed by atoms with E-state index in [9.17, 15) is 4.79 Å². The zero-order chi connectivity index (χ0) is 15.2. The van der Waals surface area contributed by atoms with Gasteiger partial charge in [-0.2, -0.15) is 0 Å². The van der Waals surface area contributed by atoms with E-state index in [4.69, 9.17) is 9.94 Å². The molecule has 0 spiro atoms. The predicted molar refractivity (Wildman–Crippen MR) is 82.3 cm³/mol. The lowest BCUT2D eigenvalue weighted by Gasteiger charge is -2.12. The van der Waals surface area contributed by atoms with Crippen molar-refractivity contribution in [3.05, 3.63) is 71.8 Å². The molecule has 1 aromatic carbocycles. The Morgan fingerprint density at radius 3 is 2.90 bits per heavy atom. The molecule has 1 aliphatic rings. The summed E-state index contributed by atoms with van der Waals surface area (Å²) in [6.45, 7) is 5.42. The topological polar surface area (TPSA) is 58.9 Å². The van der Waals surface area contributed by atoms with Crippen LogP contribution in [0.2, 0.25) is 0 Å². The Hall–Kier alpha value is -2.62. The molecule has 1 atom stereocenters. The largest absolute Gasteiger partial charge is 0.478 e. The van der Waals surface area contributed by atoms with E-state index in [-0.39, 0.29) is 0 Å². The molecule has 0 aliphatic heterocycles. The highest BCUT2D eigenvalue weighted by molar-refractivity contribution is 6.14. The molecule has 0 radical (unpaired) electrons. The number of nitrogens with zero attached hydrogens (tertiary/aromatic N) is 1. The number of hydrogen-bond acceptors (Lipinski definition) is 3. The van der Waals surface area contributed by atoms with E-state index < -0.39 is 12.1 Å². The van der Waals surface area contributed by atoms with E-state index in [1.807, 2.05) is 48.6 Å². The van der Waals surface area contributed by atoms with Crippen molar-refractivity contribution in [1.82, 2.24) is 0 Å². The van der Waals surface area contributed by atoms with Crippen LogP contribution in [-0.2, 0) is 16.1 Å². The monoisotopic (exact) mass is 283 g/mol. The molecule has 4 nitrogen and oxygen atoms in total. The van der Waals surface area contributed by atoms with Crippen LogP contribution in [0.4, 0.5) is 0 Å². The minimum Gasteiger partial charge on any atom is -0.478 e. The van der Waals surface area contributed by atoms with E-state index in [2.05, 4.69) is 11.7 Å². The smallest absolute Gasteiger partial charge is 0.347 e. The summed E-state index contributed by atoms with van der Waals surface area (Å²) in [4.78, 5) is 15.9. The van der Waals surface area contributed by atoms with E-state index in [0.717, 1.165) is 17.5 Å². The molecule has 21 heavy (non-hydrogen) atoms. The molecule has 108 valence electrons. The highest BCUT2D eigenvalue weighted by Crippen LogP contribution is 2.18. The average Bonchev–Trinajstić information content (AvgIpc) is 2.54. The Bertz CT molecular complexity index is 641. The van der Waals surface area contributed by atoms with Gasteiger partial charge in [0.05, 0.1) is 0 Å². The molecule has 0 amide bonds. The molecule has 2 rings (SSSR count). The molecule has 0 saturated carbocycles. The fourth-order valence-corrected chi connectivity index (χ4v) is 1.91. The van der Waals surface area contributed by atoms with E-state index >= 15 is 0 Å². The number of carboxylic acids is 1. The maximum atomic E-state index is 10.8. The first-order valence-electron chi connectivity index (χ1n) is 6.67. The van der Waals surface area contributed by atoms with Crippen LogP contribution in [0, 0.1) is 0 Å². The Labute approximate surface area is 123 Å². The van der Waals surface area contributed by atoms with E-state index in [1.165, 1.54) is 6.92 Å². The highest BCUT2D eigenvalue weighted by atomic mass is 16.6. The summed E-state index contributed by atoms with van der Waals surface area (Å²) in [6, 6.07) is 7.81. The van der Waals surface area contributed by atoms with Gasteiger partial charge in [-0.3, -0.25) is 0 Å². The lowest BCUT2D eigenvalue weighted by atomic mass is 9.97. The zero-order valence-electron chi connectivity index (χ0n) is 11.8. The fourth-order valence-electron chi connectivity index (χ4n) is 1.91. The summed E-state index contributed by atoms with van der Waals surface area (Å²) in [7, 11) is 0. The van der Waals surface area contributed by atoms with Crippen LogP contribution in [0.1, 0.15) is 18.1 Å². The van der Waals surface area contributed by atoms with Gasteiger partial charge in [0.2, 0.25) is 6.10 Å². The molecule has 0 aromatic heterocycles. The van der Waals surface area contributed by atoms with E-state index in [1.54, 1.807) is 0 Å². The quantitative estimate of drug-likeness (QED) is 0.867. The fraction of sp³-hybridized carbons (Fsp3) is 0.176. The number of carboxylic acid groups (broad SMARTS) is 1. The molecule has 0 fully saturated rings. The highest BCUT2D eigenvalue weighted by Gasteiger charge is 2.15. The van der Waals surface area contributed by atoms with Crippen LogP contribution in [-0.4, -0.2) is 22.9 Å². The first kappa shape index (κ1) is 14.8. The van der Waals surface area contributed by atoms with Gasteiger partial charge in [0.25, 0.3) is 0 Å². The van der Waals surface area contributed by atoms with Crippen molar-refractivity contribution >= 4 is 11.7 Å². The number of hydrogen-bond donors (Lipinski definition) is 1. The van der Waals surface area contributed by atoms with Gasteiger partial charge < -0.3 is 9.94 Å². The lowest BCUT2D eigenvalue weighted by molar-refractivity contribution is -0.149. The minimum atomic E-state index is -1.06. The van der Waals surface area contributed by atoms with Crippen LogP contribution in [0.15, 0.2) is 65.9 Å². The summed E-state index contributed by atoms with van der Waals surface area (Å²) in [6.07, 6.45) is 7.46. The van der Waals surface area contributed by atoms with Crippen LogP contribution in [0.25, 0.3) is 0 Å². The molecular weight excluding hydrogens is 266 g/mol. The zero-order valence-corrected chi connectivity index (χ0v) is 11.8. The number of allylic oxidation sites excluding steroid dienone is 5. The SMILES string of the molecule is C=C1/C=C\C=C/Cc2ccccc2/C1=N/OC(C)C(=O)O. The van der Waals surface area contributed by atoms with Crippen molar-refractivity contribution in [2.75, 3.05) is 0 Å². The third-order valence-electron chi connectivity index (χ3n) is 3.11. The van der Waals surface area contributed by atoms with Gasteiger partial charge in [-0.05, 0) is 24.5 Å². The number of carbonyl (C=O) groups is 1. The standard InChI is InChI=1S/C17H17NO3/c1-12-8-4-3-5-9-14-10-6-7-11-15(14)16(12)18-21-13(2)17(19)20/h3-8,10-11,13H,1,9H2,2H3,(H,19,20)/b5-3-,8-4-,18-16+. The van der Waals surface area contributed by atoms with Gasteiger partial charge in [-0.1, -0.05) is 60.3 Å². The molecule has 1 aromatic rings. The summed E-state index contributed by atoms with van der Waals surface area (Å²) in [5.41, 5.74) is 3.21. The number of rotatable bonds is 3. The molecule has 1 aliphatic carbocycles. The van der Waals surface area contributed by atoms with Crippen molar-refractivity contribution in [2.45, 2.75) is 19.4 Å². The summed E-state index contributed by atoms with van der Waals surface area (Å²) in [5.74, 6) is -1.06. The van der Waals surface area contributed by atoms with Crippen LogP contribution < -0.4 is 0 Å². The lowest BCUT2D eigenvalue weighted by Crippen LogP contribution is -2.19. The second-order valence-corrected chi connectivity index (χ2v) is 4.70. The maximum Gasteiger partial charge on any atom is 0.347 e. The molecule has 0 saturated heterocycles. The van der Waals surface area contributed by atoms with E-state index in [0.29, 0.717) is 11.3 Å². The van der Waals surface area contributed by atoms with Crippen molar-refractivity contribution in [1.29, 1.82) is 0 Å². The average molecular weight is 283 g/mol. The normalized spacial score (nSPS) is 20.6. The van der Waals surface area contributed by atoms with Crippen LogP contribution >= 0.6 is 0 Å². The Morgan fingerprint density at radius 1 is 1.38 bits per heavy atom. The predicted octanol–water partition coefficient (Wildman–Crippen LogP) is 3.11. The number of oxime groups is 1. The van der Waals surface area contributed by atoms with Crippen molar-refractivity contribution in [3.8, 4) is 0 Å². The second kappa shape index (κ2) is 6.70. The summed E-state index contributed by atoms with van der Waals surface area (Å²) >= 11 is 0. The maximum absolute atomic E-state index is 10.8. The van der Waals surface area contributed by atoms with Gasteiger partial charge >= 0.3 is 5.97 Å². The van der Waals surface area contributed by atoms with Gasteiger partial charge in [0.1, 0.15) is 5.71 Å². The number of aliphatic carboxylic acids is 1. The molecule has 0 bridgehead atoms. The Balaban J connectivity index is 2.43. The van der Waals surface area contributed by atoms with Gasteiger partial charge in [-0.15, -0.1) is 0 Å². The first-order valence-corrected chi connectivity index (χ1v) is 6.67. The molecule has 0 heterocycles. The molecule has 4 heteroatoms. The minimum absolute atomic E-state index is 0.554. The first-order chi connectivity index (χ1) is 10.1. The Morgan fingerprint density at radius 2 is 2.14 bits per heavy atom. The second-order valence-electron chi connectivity index (χ2n) is 4.70. The van der Waals surface area contributed by atoms with Crippen molar-refractivity contribution < 1.29 is 14.7 Å². The van der Waals surface area contributed by atoms with Crippen LogP contribution in [0.5, 0.6) is 0 Å². The van der Waals surface area contributed by atoms with Gasteiger partial charge in [0.15, 0.2) is 0 Å². The van der Waals surface area contributed by atoms with Gasteiger partial charge in [0, 0.05) is 5.56 Å². The van der Waals surface area contributed by atoms with Gasteiger partial charge in [-0.25, -0.2) is 4.79 Å². The van der Waals surface area contributed by atoms with Crippen molar-refractivity contribution in [2.24, 2.45) is 5.16 Å². The molecular formula is C17H17NO3. The van der Waals surface area contributed by atoms with Crippen LogP contribution in [0.3, 0.4) is 0 Å². The third kappa shape index (κ3) is 3.69. The summed E-state index contributed by atoms with van der Waals surface area (Å²) in [5, 5.41) is 12.9. The molecule has 1 unspecified atom stereocenters. The third-order valence-corrected chi connectivity index (χ3v) is 3.11. The van der Waals surface area contributed by atoms with Crippen molar-refractivity contribution in [3.63, 3.8) is 0 Å². The number of benzene rings is 1. The Kier molecular flexibility index (Phi) is 4.72. The summed E-state index contributed by atoms with van der Waals surface area (Å²) < 4.78 is 0.